The van der Waals surface area contributed by atoms with Gasteiger partial charge in [-0.1, -0.05) is 6.92 Å². The molecule has 1 heterocycles. The number of nitrogens with two attached hydrogens (primary N) is 1. The van der Waals surface area contributed by atoms with E-state index in [-0.39, 0.29) is 0 Å². The topological polar surface area (TPSA) is 38.5 Å². The Morgan fingerprint density at radius 1 is 1.43 bits per heavy atom. The molecule has 14 heavy (non-hydrogen) atoms. The molecule has 3 nitrogen and oxygen atoms in total. The molecule has 3 heteroatoms. The van der Waals surface area contributed by atoms with Crippen LogP contribution in [0.25, 0.3) is 0 Å². The molecule has 1 aliphatic heterocycles. The Bertz CT molecular complexity index is 176. The summed E-state index contributed by atoms with van der Waals surface area (Å²) in [5, 5.41) is 0. The zero-order chi connectivity index (χ0) is 9.97. The van der Waals surface area contributed by atoms with Gasteiger partial charge in [0.1, 0.15) is 0 Å². The average molecular weight is 198 g/mol. The summed E-state index contributed by atoms with van der Waals surface area (Å²) < 4.78 is 5.45. The van der Waals surface area contributed by atoms with Gasteiger partial charge in [-0.15, -0.1) is 0 Å². The van der Waals surface area contributed by atoms with Gasteiger partial charge < -0.3 is 10.5 Å². The van der Waals surface area contributed by atoms with Crippen LogP contribution in [0, 0.1) is 5.92 Å². The first kappa shape index (κ1) is 10.4. The van der Waals surface area contributed by atoms with Crippen LogP contribution in [-0.4, -0.2) is 43.3 Å². The zero-order valence-corrected chi connectivity index (χ0v) is 9.11. The molecular formula is C11H22N2O. The first-order chi connectivity index (χ1) is 6.86. The van der Waals surface area contributed by atoms with Crippen molar-refractivity contribution >= 4 is 0 Å². The lowest BCUT2D eigenvalue weighted by Crippen LogP contribution is -2.47. The summed E-state index contributed by atoms with van der Waals surface area (Å²) in [5.74, 6) is 0.681. The quantitative estimate of drug-likeness (QED) is 0.711. The molecule has 2 rings (SSSR count). The van der Waals surface area contributed by atoms with Crippen LogP contribution in [0.2, 0.25) is 0 Å². The molecule has 0 amide bonds. The highest BCUT2D eigenvalue weighted by Gasteiger charge is 2.36. The highest BCUT2D eigenvalue weighted by Crippen LogP contribution is 2.32. The summed E-state index contributed by atoms with van der Waals surface area (Å²) in [7, 11) is 0. The number of ether oxygens (including phenoxy) is 1. The van der Waals surface area contributed by atoms with E-state index in [0.717, 1.165) is 32.3 Å². The highest BCUT2D eigenvalue weighted by atomic mass is 16.5. The summed E-state index contributed by atoms with van der Waals surface area (Å²) in [4.78, 5) is 2.60. The van der Waals surface area contributed by atoms with Crippen LogP contribution in [0.15, 0.2) is 0 Å². The normalized spacial score (nSPS) is 29.8. The Morgan fingerprint density at radius 3 is 2.64 bits per heavy atom. The minimum absolute atomic E-state index is 0.565. The minimum Gasteiger partial charge on any atom is -0.381 e. The lowest BCUT2D eigenvalue weighted by atomic mass is 9.97. The van der Waals surface area contributed by atoms with E-state index in [1.165, 1.54) is 19.3 Å². The van der Waals surface area contributed by atoms with E-state index in [9.17, 15) is 0 Å². The van der Waals surface area contributed by atoms with E-state index in [4.69, 9.17) is 10.5 Å². The lowest BCUT2D eigenvalue weighted by molar-refractivity contribution is 0.120. The standard InChI is InChI=1S/C11H22N2O/c1-2-13(10-3-4-10)11(7-12)9-5-6-14-8-9/h9-11H,2-8,12H2,1H3. The van der Waals surface area contributed by atoms with Crippen LogP contribution in [0.4, 0.5) is 0 Å². The summed E-state index contributed by atoms with van der Waals surface area (Å²) in [6.07, 6.45) is 3.95. The Labute approximate surface area is 86.6 Å². The first-order valence-corrected chi connectivity index (χ1v) is 5.90. The molecular weight excluding hydrogens is 176 g/mol. The van der Waals surface area contributed by atoms with Gasteiger partial charge in [0.2, 0.25) is 0 Å². The maximum Gasteiger partial charge on any atom is 0.0510 e. The zero-order valence-electron chi connectivity index (χ0n) is 9.11. The van der Waals surface area contributed by atoms with Gasteiger partial charge in [-0.2, -0.15) is 0 Å². The van der Waals surface area contributed by atoms with Crippen molar-refractivity contribution < 1.29 is 4.74 Å². The third-order valence-electron chi connectivity index (χ3n) is 3.56. The maximum atomic E-state index is 5.90. The summed E-state index contributed by atoms with van der Waals surface area (Å²) in [5.41, 5.74) is 5.90. The van der Waals surface area contributed by atoms with E-state index in [1.807, 2.05) is 0 Å². The molecule has 0 spiro atoms. The second-order valence-electron chi connectivity index (χ2n) is 4.49. The molecule has 2 aliphatic rings. The van der Waals surface area contributed by atoms with Gasteiger partial charge in [-0.25, -0.2) is 0 Å². The summed E-state index contributed by atoms with van der Waals surface area (Å²) >= 11 is 0. The van der Waals surface area contributed by atoms with Crippen LogP contribution >= 0.6 is 0 Å². The van der Waals surface area contributed by atoms with Crippen LogP contribution in [-0.2, 0) is 4.74 Å². The van der Waals surface area contributed by atoms with E-state index in [0.29, 0.717) is 12.0 Å². The number of rotatable bonds is 5. The van der Waals surface area contributed by atoms with Crippen LogP contribution in [0.1, 0.15) is 26.2 Å². The van der Waals surface area contributed by atoms with Crippen LogP contribution in [0.5, 0.6) is 0 Å². The smallest absolute Gasteiger partial charge is 0.0510 e. The predicted octanol–water partition coefficient (Wildman–Crippen LogP) is 0.834. The molecule has 0 aromatic rings. The van der Waals surface area contributed by atoms with Gasteiger partial charge >= 0.3 is 0 Å². The Morgan fingerprint density at radius 2 is 2.21 bits per heavy atom. The largest absolute Gasteiger partial charge is 0.381 e. The van der Waals surface area contributed by atoms with Crippen LogP contribution in [0.3, 0.4) is 0 Å². The monoisotopic (exact) mass is 198 g/mol. The summed E-state index contributed by atoms with van der Waals surface area (Å²) in [6, 6.07) is 1.39. The fourth-order valence-electron chi connectivity index (χ4n) is 2.62. The fourth-order valence-corrected chi connectivity index (χ4v) is 2.62. The van der Waals surface area contributed by atoms with Crippen molar-refractivity contribution in [2.45, 2.75) is 38.3 Å². The van der Waals surface area contributed by atoms with Crippen molar-refractivity contribution in [1.29, 1.82) is 0 Å². The average Bonchev–Trinajstić information content (AvgIpc) is 2.90. The molecule has 0 bridgehead atoms. The van der Waals surface area contributed by atoms with Crippen molar-refractivity contribution in [3.8, 4) is 0 Å². The predicted molar refractivity (Wildman–Crippen MR) is 57.2 cm³/mol. The molecule has 2 N–H and O–H groups in total. The van der Waals surface area contributed by atoms with E-state index >= 15 is 0 Å². The van der Waals surface area contributed by atoms with Crippen molar-refractivity contribution in [1.82, 2.24) is 4.90 Å². The Hall–Kier alpha value is -0.120. The van der Waals surface area contributed by atoms with E-state index < -0.39 is 0 Å². The number of nitrogens with zero attached hydrogens (tertiary/aromatic N) is 1. The SMILES string of the molecule is CCN(C1CC1)C(CN)C1CCOC1. The fraction of sp³-hybridized carbons (Fsp3) is 1.00. The summed E-state index contributed by atoms with van der Waals surface area (Å²) in [6.45, 7) is 6.03. The van der Waals surface area contributed by atoms with E-state index in [2.05, 4.69) is 11.8 Å². The van der Waals surface area contributed by atoms with Crippen molar-refractivity contribution in [2.75, 3.05) is 26.3 Å². The van der Waals surface area contributed by atoms with Crippen LogP contribution < -0.4 is 5.73 Å². The van der Waals surface area contributed by atoms with Gasteiger partial charge in [0.15, 0.2) is 0 Å². The van der Waals surface area contributed by atoms with Crippen molar-refractivity contribution in [3.05, 3.63) is 0 Å². The molecule has 1 aliphatic carbocycles. The van der Waals surface area contributed by atoms with Crippen molar-refractivity contribution in [2.24, 2.45) is 11.7 Å². The second kappa shape index (κ2) is 4.60. The molecule has 82 valence electrons. The van der Waals surface area contributed by atoms with Gasteiger partial charge in [-0.3, -0.25) is 4.90 Å². The molecule has 0 aromatic carbocycles. The first-order valence-electron chi connectivity index (χ1n) is 5.90. The number of likely N-dealkylation sites (N-methyl/N-ethyl adjacent to an activating group) is 1. The highest BCUT2D eigenvalue weighted by molar-refractivity contribution is 4.92. The van der Waals surface area contributed by atoms with Gasteiger partial charge in [-0.05, 0) is 25.8 Å². The second-order valence-corrected chi connectivity index (χ2v) is 4.49. The van der Waals surface area contributed by atoms with Gasteiger partial charge in [0.05, 0.1) is 6.61 Å². The third-order valence-corrected chi connectivity index (χ3v) is 3.56. The maximum absolute atomic E-state index is 5.90. The van der Waals surface area contributed by atoms with Gasteiger partial charge in [0, 0.05) is 31.2 Å². The Kier molecular flexibility index (Phi) is 3.42. The van der Waals surface area contributed by atoms with E-state index in [1.54, 1.807) is 0 Å². The molecule has 1 saturated carbocycles. The minimum atomic E-state index is 0.565. The van der Waals surface area contributed by atoms with Crippen molar-refractivity contribution in [3.63, 3.8) is 0 Å². The molecule has 0 aromatic heterocycles. The molecule has 2 atom stereocenters. The molecule has 0 radical (unpaired) electrons. The molecule has 2 unspecified atom stereocenters. The molecule has 2 fully saturated rings. The van der Waals surface area contributed by atoms with Gasteiger partial charge in [0.25, 0.3) is 0 Å². The number of hydrogen-bond acceptors (Lipinski definition) is 3. The third kappa shape index (κ3) is 2.10. The molecule has 1 saturated heterocycles. The lowest BCUT2D eigenvalue weighted by Gasteiger charge is -2.33. The number of hydrogen-bond donors (Lipinski definition) is 1. The Balaban J connectivity index is 1.94.